The van der Waals surface area contributed by atoms with Crippen LogP contribution in [0.1, 0.15) is 12.8 Å². The SMILES string of the molecule is Nc1ccc(N2CCCC2)c(-c2ccccc2)c1. The minimum absolute atomic E-state index is 0.830. The van der Waals surface area contributed by atoms with Gasteiger partial charge in [0.05, 0.1) is 0 Å². The van der Waals surface area contributed by atoms with Gasteiger partial charge in [-0.05, 0) is 36.6 Å². The maximum Gasteiger partial charge on any atom is 0.0447 e. The van der Waals surface area contributed by atoms with E-state index in [-0.39, 0.29) is 0 Å². The Bertz CT molecular complexity index is 528. The number of nitrogen functional groups attached to an aromatic ring is 1. The molecule has 0 spiro atoms. The van der Waals surface area contributed by atoms with Crippen molar-refractivity contribution in [2.45, 2.75) is 12.8 Å². The van der Waals surface area contributed by atoms with Crippen LogP contribution in [0.3, 0.4) is 0 Å². The molecule has 1 aliphatic heterocycles. The number of hydrogen-bond donors (Lipinski definition) is 1. The first kappa shape index (κ1) is 11.1. The molecule has 0 atom stereocenters. The molecule has 1 heterocycles. The summed E-state index contributed by atoms with van der Waals surface area (Å²) in [5.74, 6) is 0. The molecule has 2 aromatic rings. The summed E-state index contributed by atoms with van der Waals surface area (Å²) in [4.78, 5) is 2.46. The van der Waals surface area contributed by atoms with Crippen LogP contribution in [0.15, 0.2) is 48.5 Å². The van der Waals surface area contributed by atoms with Crippen LogP contribution in [-0.2, 0) is 0 Å². The van der Waals surface area contributed by atoms with Crippen LogP contribution in [-0.4, -0.2) is 13.1 Å². The lowest BCUT2D eigenvalue weighted by atomic mass is 10.0. The van der Waals surface area contributed by atoms with Gasteiger partial charge in [-0.2, -0.15) is 0 Å². The molecule has 2 nitrogen and oxygen atoms in total. The van der Waals surface area contributed by atoms with Crippen molar-refractivity contribution in [2.75, 3.05) is 23.7 Å². The maximum absolute atomic E-state index is 5.94. The van der Waals surface area contributed by atoms with E-state index in [0.29, 0.717) is 0 Å². The van der Waals surface area contributed by atoms with Gasteiger partial charge in [0.2, 0.25) is 0 Å². The van der Waals surface area contributed by atoms with Crippen LogP contribution < -0.4 is 10.6 Å². The molecule has 2 aromatic carbocycles. The molecule has 0 amide bonds. The third-order valence-electron chi connectivity index (χ3n) is 3.55. The van der Waals surface area contributed by atoms with Crippen molar-refractivity contribution < 1.29 is 0 Å². The summed E-state index contributed by atoms with van der Waals surface area (Å²) >= 11 is 0. The maximum atomic E-state index is 5.94. The van der Waals surface area contributed by atoms with E-state index in [4.69, 9.17) is 5.73 Å². The molecule has 0 saturated carbocycles. The zero-order chi connectivity index (χ0) is 12.4. The Balaban J connectivity index is 2.08. The van der Waals surface area contributed by atoms with Gasteiger partial charge >= 0.3 is 0 Å². The smallest absolute Gasteiger partial charge is 0.0447 e. The van der Waals surface area contributed by atoms with Gasteiger partial charge in [0.25, 0.3) is 0 Å². The third kappa shape index (κ3) is 2.06. The van der Waals surface area contributed by atoms with Crippen LogP contribution in [0.2, 0.25) is 0 Å². The highest BCUT2D eigenvalue weighted by Crippen LogP contribution is 2.34. The summed E-state index contributed by atoms with van der Waals surface area (Å²) in [5.41, 5.74) is 10.6. The molecule has 1 aliphatic rings. The molecule has 0 aromatic heterocycles. The summed E-state index contributed by atoms with van der Waals surface area (Å²) in [5, 5.41) is 0. The zero-order valence-electron chi connectivity index (χ0n) is 10.5. The second kappa shape index (κ2) is 4.73. The quantitative estimate of drug-likeness (QED) is 0.811. The topological polar surface area (TPSA) is 29.3 Å². The number of nitrogens with zero attached hydrogens (tertiary/aromatic N) is 1. The fourth-order valence-electron chi connectivity index (χ4n) is 2.64. The first-order chi connectivity index (χ1) is 8.84. The molecule has 0 aliphatic carbocycles. The van der Waals surface area contributed by atoms with Crippen molar-refractivity contribution in [1.82, 2.24) is 0 Å². The van der Waals surface area contributed by atoms with E-state index in [2.05, 4.69) is 41.3 Å². The minimum Gasteiger partial charge on any atom is -0.399 e. The molecule has 18 heavy (non-hydrogen) atoms. The van der Waals surface area contributed by atoms with E-state index < -0.39 is 0 Å². The van der Waals surface area contributed by atoms with Crippen molar-refractivity contribution in [3.8, 4) is 11.1 Å². The van der Waals surface area contributed by atoms with Gasteiger partial charge in [0.1, 0.15) is 0 Å². The van der Waals surface area contributed by atoms with Gasteiger partial charge in [-0.15, -0.1) is 0 Å². The van der Waals surface area contributed by atoms with Crippen LogP contribution in [0.5, 0.6) is 0 Å². The van der Waals surface area contributed by atoms with Crippen LogP contribution in [0, 0.1) is 0 Å². The lowest BCUT2D eigenvalue weighted by molar-refractivity contribution is 0.949. The fraction of sp³-hybridized carbons (Fsp3) is 0.250. The highest BCUT2D eigenvalue weighted by Gasteiger charge is 2.16. The lowest BCUT2D eigenvalue weighted by Crippen LogP contribution is -2.18. The molecule has 0 unspecified atom stereocenters. The number of hydrogen-bond acceptors (Lipinski definition) is 2. The summed E-state index contributed by atoms with van der Waals surface area (Å²) in [7, 11) is 0. The molecule has 92 valence electrons. The normalized spacial score (nSPS) is 15.0. The lowest BCUT2D eigenvalue weighted by Gasteiger charge is -2.22. The van der Waals surface area contributed by atoms with E-state index in [1.165, 1.54) is 29.7 Å². The van der Waals surface area contributed by atoms with Gasteiger partial charge in [-0.3, -0.25) is 0 Å². The molecule has 1 saturated heterocycles. The van der Waals surface area contributed by atoms with Crippen LogP contribution in [0.4, 0.5) is 11.4 Å². The Morgan fingerprint density at radius 2 is 1.61 bits per heavy atom. The Labute approximate surface area is 108 Å². The van der Waals surface area contributed by atoms with Gasteiger partial charge in [-0.25, -0.2) is 0 Å². The van der Waals surface area contributed by atoms with Crippen LogP contribution >= 0.6 is 0 Å². The Hall–Kier alpha value is -1.96. The second-order valence-electron chi connectivity index (χ2n) is 4.84. The molecule has 2 heteroatoms. The average Bonchev–Trinajstić information content (AvgIpc) is 2.93. The summed E-state index contributed by atoms with van der Waals surface area (Å²) in [6.07, 6.45) is 2.58. The van der Waals surface area contributed by atoms with Gasteiger partial charge in [-0.1, -0.05) is 30.3 Å². The molecule has 2 N–H and O–H groups in total. The zero-order valence-corrected chi connectivity index (χ0v) is 10.5. The monoisotopic (exact) mass is 238 g/mol. The molecule has 0 radical (unpaired) electrons. The Morgan fingerprint density at radius 3 is 2.33 bits per heavy atom. The molecule has 1 fully saturated rings. The number of anilines is 2. The largest absolute Gasteiger partial charge is 0.399 e. The number of nitrogens with two attached hydrogens (primary N) is 1. The van der Waals surface area contributed by atoms with Crippen LogP contribution in [0.25, 0.3) is 11.1 Å². The summed E-state index contributed by atoms with van der Waals surface area (Å²) in [6, 6.07) is 16.7. The Morgan fingerprint density at radius 1 is 0.889 bits per heavy atom. The standard InChI is InChI=1S/C16H18N2/c17-14-8-9-16(18-10-4-5-11-18)15(12-14)13-6-2-1-3-7-13/h1-3,6-9,12H,4-5,10-11,17H2. The van der Waals surface area contributed by atoms with Crippen molar-refractivity contribution in [3.05, 3.63) is 48.5 Å². The highest BCUT2D eigenvalue weighted by molar-refractivity contribution is 5.81. The molecule has 0 bridgehead atoms. The number of benzene rings is 2. The highest BCUT2D eigenvalue weighted by atomic mass is 15.1. The average molecular weight is 238 g/mol. The minimum atomic E-state index is 0.830. The summed E-state index contributed by atoms with van der Waals surface area (Å²) < 4.78 is 0. The molecule has 3 rings (SSSR count). The first-order valence-corrected chi connectivity index (χ1v) is 6.54. The van der Waals surface area contributed by atoms with Crippen molar-refractivity contribution >= 4 is 11.4 Å². The van der Waals surface area contributed by atoms with Gasteiger partial charge < -0.3 is 10.6 Å². The summed E-state index contributed by atoms with van der Waals surface area (Å²) in [6.45, 7) is 2.31. The van der Waals surface area contributed by atoms with Gasteiger partial charge in [0.15, 0.2) is 0 Å². The van der Waals surface area contributed by atoms with Crippen molar-refractivity contribution in [3.63, 3.8) is 0 Å². The predicted molar refractivity (Wildman–Crippen MR) is 77.7 cm³/mol. The van der Waals surface area contributed by atoms with E-state index in [1.54, 1.807) is 0 Å². The second-order valence-corrected chi connectivity index (χ2v) is 4.84. The van der Waals surface area contributed by atoms with E-state index in [1.807, 2.05) is 12.1 Å². The van der Waals surface area contributed by atoms with Crippen molar-refractivity contribution in [2.24, 2.45) is 0 Å². The predicted octanol–water partition coefficient (Wildman–Crippen LogP) is 3.54. The third-order valence-corrected chi connectivity index (χ3v) is 3.55. The van der Waals surface area contributed by atoms with E-state index in [9.17, 15) is 0 Å². The molecular weight excluding hydrogens is 220 g/mol. The first-order valence-electron chi connectivity index (χ1n) is 6.54. The van der Waals surface area contributed by atoms with Crippen molar-refractivity contribution in [1.29, 1.82) is 0 Å². The fourth-order valence-corrected chi connectivity index (χ4v) is 2.64. The number of rotatable bonds is 2. The van der Waals surface area contributed by atoms with Gasteiger partial charge in [0, 0.05) is 30.0 Å². The Kier molecular flexibility index (Phi) is 2.93. The molecular formula is C16H18N2. The van der Waals surface area contributed by atoms with E-state index in [0.717, 1.165) is 18.8 Å². The van der Waals surface area contributed by atoms with E-state index >= 15 is 0 Å².